The third kappa shape index (κ3) is 3.83. The molecule has 0 unspecified atom stereocenters. The highest BCUT2D eigenvalue weighted by molar-refractivity contribution is 9.10. The molecule has 4 rings (SSSR count). The highest BCUT2D eigenvalue weighted by atomic mass is 79.9. The van der Waals surface area contributed by atoms with Crippen molar-refractivity contribution in [2.75, 3.05) is 18.2 Å². The summed E-state index contributed by atoms with van der Waals surface area (Å²) in [7, 11) is 0. The Labute approximate surface area is 183 Å². The Morgan fingerprint density at radius 2 is 2.04 bits per heavy atom. The van der Waals surface area contributed by atoms with E-state index in [1.165, 1.54) is 11.8 Å². The Morgan fingerprint density at radius 1 is 1.18 bits per heavy atom. The third-order valence-corrected chi connectivity index (χ3v) is 5.89. The number of hydrogen-bond acceptors (Lipinski definition) is 7. The van der Waals surface area contributed by atoms with Crippen LogP contribution in [-0.2, 0) is 0 Å². The lowest BCUT2D eigenvalue weighted by Crippen LogP contribution is -2.18. The van der Waals surface area contributed by atoms with Gasteiger partial charge in [0.05, 0.1) is 6.61 Å². The lowest BCUT2D eigenvalue weighted by atomic mass is 10.1. The van der Waals surface area contributed by atoms with Crippen molar-refractivity contribution in [2.24, 2.45) is 0 Å². The van der Waals surface area contributed by atoms with Gasteiger partial charge in [-0.25, -0.2) is 0 Å². The topological polar surface area (TPSA) is 69.2 Å². The molecule has 1 N–H and O–H groups in total. The largest absolute Gasteiger partial charge is 0.494 e. The van der Waals surface area contributed by atoms with Crippen LogP contribution in [0.1, 0.15) is 18.7 Å². The van der Waals surface area contributed by atoms with Crippen LogP contribution in [0.2, 0.25) is 0 Å². The second kappa shape index (κ2) is 8.26. The van der Waals surface area contributed by atoms with Crippen LogP contribution < -0.4 is 14.8 Å². The number of halogens is 2. The van der Waals surface area contributed by atoms with E-state index >= 15 is 0 Å². The normalized spacial score (nSPS) is 14.9. The average Bonchev–Trinajstić information content (AvgIpc) is 2.85. The van der Waals surface area contributed by atoms with E-state index in [4.69, 9.17) is 9.47 Å². The van der Waals surface area contributed by atoms with E-state index < -0.39 is 6.23 Å². The zero-order valence-electron chi connectivity index (χ0n) is 15.1. The molecular weight excluding hydrogens is 508 g/mol. The number of thioether (sulfide) groups is 1. The minimum atomic E-state index is -0.484. The van der Waals surface area contributed by atoms with Gasteiger partial charge in [-0.15, -0.1) is 10.2 Å². The summed E-state index contributed by atoms with van der Waals surface area (Å²) < 4.78 is 13.8. The summed E-state index contributed by atoms with van der Waals surface area (Å²) in [5, 5.41) is 12.6. The molecule has 0 amide bonds. The Kier molecular flexibility index (Phi) is 5.75. The van der Waals surface area contributed by atoms with Crippen LogP contribution in [-0.4, -0.2) is 28.0 Å². The van der Waals surface area contributed by atoms with Crippen molar-refractivity contribution in [1.29, 1.82) is 0 Å². The summed E-state index contributed by atoms with van der Waals surface area (Å²) in [6.45, 7) is 2.55. The minimum absolute atomic E-state index is 0.433. The molecule has 0 fully saturated rings. The first-order valence-corrected chi connectivity index (χ1v) is 11.3. The first-order chi connectivity index (χ1) is 13.6. The predicted octanol–water partition coefficient (Wildman–Crippen LogP) is 5.69. The molecule has 1 aliphatic heterocycles. The molecule has 1 aliphatic rings. The smallest absolute Gasteiger partial charge is 0.247 e. The predicted molar refractivity (Wildman–Crippen MR) is 117 cm³/mol. The Morgan fingerprint density at radius 3 is 2.82 bits per heavy atom. The number of ether oxygens (including phenoxy) is 2. The van der Waals surface area contributed by atoms with Crippen LogP contribution >= 0.6 is 43.6 Å². The number of anilines is 1. The molecule has 0 radical (unpaired) electrons. The SMILES string of the molecule is CCOc1ccc(Br)c([C@@H]2Nc3ccc(Br)cc3-c3nnc(SC)nc3O2)c1. The number of benzene rings is 2. The molecule has 9 heteroatoms. The molecule has 0 spiro atoms. The maximum atomic E-state index is 6.28. The lowest BCUT2D eigenvalue weighted by molar-refractivity contribution is 0.223. The van der Waals surface area contributed by atoms with Gasteiger partial charge in [0.1, 0.15) is 5.75 Å². The van der Waals surface area contributed by atoms with Gasteiger partial charge in [0.25, 0.3) is 0 Å². The summed E-state index contributed by atoms with van der Waals surface area (Å²) in [5.41, 5.74) is 3.25. The molecule has 144 valence electrons. The summed E-state index contributed by atoms with van der Waals surface area (Å²) in [6.07, 6.45) is 1.42. The van der Waals surface area contributed by atoms with Crippen LogP contribution in [0.25, 0.3) is 11.3 Å². The second-order valence-electron chi connectivity index (χ2n) is 5.90. The second-order valence-corrected chi connectivity index (χ2v) is 8.44. The zero-order chi connectivity index (χ0) is 19.7. The van der Waals surface area contributed by atoms with Gasteiger partial charge in [0.2, 0.25) is 11.0 Å². The Bertz CT molecular complexity index is 1030. The van der Waals surface area contributed by atoms with Gasteiger partial charge in [0, 0.05) is 25.8 Å². The van der Waals surface area contributed by atoms with E-state index in [0.717, 1.165) is 31.5 Å². The molecule has 2 heterocycles. The van der Waals surface area contributed by atoms with Gasteiger partial charge in [-0.3, -0.25) is 0 Å². The highest BCUT2D eigenvalue weighted by Gasteiger charge is 2.27. The summed E-state index contributed by atoms with van der Waals surface area (Å²) in [4.78, 5) is 4.55. The quantitative estimate of drug-likeness (QED) is 0.440. The number of hydrogen-bond donors (Lipinski definition) is 1. The van der Waals surface area contributed by atoms with Crippen molar-refractivity contribution >= 4 is 49.3 Å². The molecule has 28 heavy (non-hydrogen) atoms. The van der Waals surface area contributed by atoms with Gasteiger partial charge in [-0.05, 0) is 49.6 Å². The molecular formula is C19H16Br2N4O2S. The summed E-state index contributed by atoms with van der Waals surface area (Å²) in [5.74, 6) is 1.21. The fourth-order valence-electron chi connectivity index (χ4n) is 2.88. The number of rotatable bonds is 4. The number of nitrogens with one attached hydrogen (secondary N) is 1. The van der Waals surface area contributed by atoms with Crippen molar-refractivity contribution in [3.05, 3.63) is 50.9 Å². The standard InChI is InChI=1S/C19H16Br2N4O2S/c1-3-26-11-5-6-14(21)12(9-11)17-22-15-7-4-10(20)8-13(15)16-18(27-17)23-19(28-2)25-24-16/h4-9,17,22H,3H2,1-2H3/t17-/m1/s1. The highest BCUT2D eigenvalue weighted by Crippen LogP contribution is 2.42. The zero-order valence-corrected chi connectivity index (χ0v) is 19.1. The van der Waals surface area contributed by atoms with Gasteiger partial charge < -0.3 is 14.8 Å². The van der Waals surface area contributed by atoms with Crippen molar-refractivity contribution < 1.29 is 9.47 Å². The van der Waals surface area contributed by atoms with Crippen molar-refractivity contribution in [1.82, 2.24) is 15.2 Å². The number of nitrogens with zero attached hydrogens (tertiary/aromatic N) is 3. The van der Waals surface area contributed by atoms with Crippen molar-refractivity contribution in [2.45, 2.75) is 18.3 Å². The maximum absolute atomic E-state index is 6.28. The van der Waals surface area contributed by atoms with Crippen LogP contribution in [0, 0.1) is 0 Å². The molecule has 0 saturated carbocycles. The molecule has 0 aliphatic carbocycles. The maximum Gasteiger partial charge on any atom is 0.247 e. The van der Waals surface area contributed by atoms with Gasteiger partial charge in [-0.1, -0.05) is 43.6 Å². The third-order valence-electron chi connectivity index (χ3n) is 4.13. The summed E-state index contributed by atoms with van der Waals surface area (Å²) in [6, 6.07) is 11.8. The van der Waals surface area contributed by atoms with E-state index in [9.17, 15) is 0 Å². The van der Waals surface area contributed by atoms with Crippen LogP contribution in [0.4, 0.5) is 5.69 Å². The number of fused-ring (bicyclic) bond motifs is 3. The Hall–Kier alpha value is -1.84. The molecule has 1 aromatic heterocycles. The molecule has 2 aromatic carbocycles. The first kappa shape index (κ1) is 19.5. The van der Waals surface area contributed by atoms with E-state index in [0.29, 0.717) is 23.3 Å². The van der Waals surface area contributed by atoms with Gasteiger partial charge in [-0.2, -0.15) is 4.98 Å². The monoisotopic (exact) mass is 522 g/mol. The van der Waals surface area contributed by atoms with Gasteiger partial charge >= 0.3 is 0 Å². The molecule has 6 nitrogen and oxygen atoms in total. The first-order valence-electron chi connectivity index (χ1n) is 8.53. The molecule has 0 saturated heterocycles. The molecule has 0 bridgehead atoms. The fourth-order valence-corrected chi connectivity index (χ4v) is 3.99. The summed E-state index contributed by atoms with van der Waals surface area (Å²) >= 11 is 8.57. The van der Waals surface area contributed by atoms with E-state index in [1.807, 2.05) is 49.6 Å². The van der Waals surface area contributed by atoms with Crippen LogP contribution in [0.15, 0.2) is 50.5 Å². The van der Waals surface area contributed by atoms with E-state index in [-0.39, 0.29) is 0 Å². The Balaban J connectivity index is 1.86. The van der Waals surface area contributed by atoms with Crippen molar-refractivity contribution in [3.63, 3.8) is 0 Å². The van der Waals surface area contributed by atoms with Crippen molar-refractivity contribution in [3.8, 4) is 22.9 Å². The average molecular weight is 524 g/mol. The lowest BCUT2D eigenvalue weighted by Gasteiger charge is -2.21. The van der Waals surface area contributed by atoms with Crippen LogP contribution in [0.5, 0.6) is 11.6 Å². The number of aromatic nitrogens is 3. The van der Waals surface area contributed by atoms with E-state index in [1.54, 1.807) is 0 Å². The minimum Gasteiger partial charge on any atom is -0.494 e. The molecule has 1 atom stereocenters. The van der Waals surface area contributed by atoms with Crippen LogP contribution in [0.3, 0.4) is 0 Å². The van der Waals surface area contributed by atoms with Gasteiger partial charge in [0.15, 0.2) is 11.9 Å². The van der Waals surface area contributed by atoms with E-state index in [2.05, 4.69) is 52.4 Å². The molecule has 3 aromatic rings. The fraction of sp³-hybridized carbons (Fsp3) is 0.211.